The molecular formula is C9H12O3. The van der Waals surface area contributed by atoms with Gasteiger partial charge in [-0.15, -0.1) is 0 Å². The highest BCUT2D eigenvalue weighted by molar-refractivity contribution is 5.81. The van der Waals surface area contributed by atoms with Crippen molar-refractivity contribution >= 4 is 5.97 Å². The summed E-state index contributed by atoms with van der Waals surface area (Å²) in [6.07, 6.45) is 5.78. The van der Waals surface area contributed by atoms with Crippen LogP contribution in [0.15, 0.2) is 12.2 Å². The van der Waals surface area contributed by atoms with Crippen LogP contribution in [0.5, 0.6) is 0 Å². The Bertz CT molecular complexity index is 222. The van der Waals surface area contributed by atoms with Gasteiger partial charge in [0.1, 0.15) is 12.2 Å². The Kier molecular flexibility index (Phi) is 1.89. The molecule has 0 bridgehead atoms. The lowest BCUT2D eigenvalue weighted by Crippen LogP contribution is -2.15. The zero-order chi connectivity index (χ0) is 8.55. The first-order valence-corrected chi connectivity index (χ1v) is 4.30. The fourth-order valence-electron chi connectivity index (χ4n) is 1.53. The van der Waals surface area contributed by atoms with Crippen molar-refractivity contribution in [3.8, 4) is 0 Å². The van der Waals surface area contributed by atoms with Crippen molar-refractivity contribution in [2.24, 2.45) is 0 Å². The highest BCUT2D eigenvalue weighted by Gasteiger charge is 2.58. The standard InChI is InChI=1S/C9H12O3/c1-2-3-4-5-6-7-8(12-7)9(10)11-6/h2-3,6-8H,4-5H2,1H3/b3-2+/t6-,7-,8-/m1/s1. The van der Waals surface area contributed by atoms with Gasteiger partial charge in [-0.1, -0.05) is 12.2 Å². The minimum absolute atomic E-state index is 0.0127. The number of esters is 1. The van der Waals surface area contributed by atoms with Gasteiger partial charge in [0.25, 0.3) is 0 Å². The van der Waals surface area contributed by atoms with Crippen molar-refractivity contribution in [3.63, 3.8) is 0 Å². The zero-order valence-corrected chi connectivity index (χ0v) is 7.03. The van der Waals surface area contributed by atoms with Crippen LogP contribution in [0.1, 0.15) is 19.8 Å². The Morgan fingerprint density at radius 1 is 1.58 bits per heavy atom. The van der Waals surface area contributed by atoms with Crippen molar-refractivity contribution in [1.82, 2.24) is 0 Å². The van der Waals surface area contributed by atoms with Crippen LogP contribution in [-0.2, 0) is 14.3 Å². The van der Waals surface area contributed by atoms with E-state index in [-0.39, 0.29) is 24.3 Å². The van der Waals surface area contributed by atoms with Crippen LogP contribution >= 0.6 is 0 Å². The van der Waals surface area contributed by atoms with Crippen LogP contribution in [0.4, 0.5) is 0 Å². The van der Waals surface area contributed by atoms with Crippen molar-refractivity contribution in [1.29, 1.82) is 0 Å². The molecule has 0 aromatic rings. The average molecular weight is 168 g/mol. The smallest absolute Gasteiger partial charge is 0.338 e. The van der Waals surface area contributed by atoms with E-state index in [1.165, 1.54) is 0 Å². The topological polar surface area (TPSA) is 38.8 Å². The summed E-state index contributed by atoms with van der Waals surface area (Å²) in [6, 6.07) is 0. The molecule has 0 spiro atoms. The van der Waals surface area contributed by atoms with E-state index < -0.39 is 0 Å². The number of rotatable bonds is 3. The summed E-state index contributed by atoms with van der Waals surface area (Å²) in [5.74, 6) is -0.175. The van der Waals surface area contributed by atoms with Gasteiger partial charge in [-0.05, 0) is 19.8 Å². The predicted molar refractivity (Wildman–Crippen MR) is 42.6 cm³/mol. The highest BCUT2D eigenvalue weighted by Crippen LogP contribution is 2.37. The monoisotopic (exact) mass is 168 g/mol. The van der Waals surface area contributed by atoms with Crippen LogP contribution in [0.2, 0.25) is 0 Å². The maximum absolute atomic E-state index is 10.9. The van der Waals surface area contributed by atoms with Gasteiger partial charge in [0.2, 0.25) is 0 Å². The predicted octanol–water partition coefficient (Wildman–Crippen LogP) is 1.04. The molecule has 3 heteroatoms. The van der Waals surface area contributed by atoms with Gasteiger partial charge in [-0.25, -0.2) is 4.79 Å². The normalized spacial score (nSPS) is 38.4. The van der Waals surface area contributed by atoms with Crippen molar-refractivity contribution < 1.29 is 14.3 Å². The summed E-state index contributed by atoms with van der Waals surface area (Å²) in [5.41, 5.74) is 0. The number of fused-ring (bicyclic) bond motifs is 1. The van der Waals surface area contributed by atoms with Crippen LogP contribution in [0.25, 0.3) is 0 Å². The summed E-state index contributed by atoms with van der Waals surface area (Å²) in [5, 5.41) is 0. The third-order valence-electron chi connectivity index (χ3n) is 2.25. The summed E-state index contributed by atoms with van der Waals surface area (Å²) in [7, 11) is 0. The second-order valence-electron chi connectivity index (χ2n) is 3.14. The number of cyclic esters (lactones) is 1. The minimum Gasteiger partial charge on any atom is -0.457 e. The molecule has 2 fully saturated rings. The fraction of sp³-hybridized carbons (Fsp3) is 0.667. The van der Waals surface area contributed by atoms with E-state index in [9.17, 15) is 4.79 Å². The molecule has 0 aliphatic carbocycles. The molecule has 0 N–H and O–H groups in total. The average Bonchev–Trinajstić information content (AvgIpc) is 2.77. The summed E-state index contributed by atoms with van der Waals surface area (Å²) in [4.78, 5) is 10.9. The Morgan fingerprint density at radius 2 is 2.42 bits per heavy atom. The van der Waals surface area contributed by atoms with E-state index in [2.05, 4.69) is 6.08 Å². The SMILES string of the molecule is C/C=C/CC[C@H]1OC(=O)[C@@H]2O[C@H]12. The molecule has 3 nitrogen and oxygen atoms in total. The number of epoxide rings is 1. The van der Waals surface area contributed by atoms with Crippen molar-refractivity contribution in [2.45, 2.75) is 38.1 Å². The van der Waals surface area contributed by atoms with Crippen molar-refractivity contribution in [2.75, 3.05) is 0 Å². The quantitative estimate of drug-likeness (QED) is 0.359. The molecule has 12 heavy (non-hydrogen) atoms. The Balaban J connectivity index is 1.79. The molecule has 0 aromatic carbocycles. The van der Waals surface area contributed by atoms with Gasteiger partial charge in [-0.3, -0.25) is 0 Å². The van der Waals surface area contributed by atoms with E-state index in [1.54, 1.807) is 0 Å². The minimum atomic E-state index is -0.222. The lowest BCUT2D eigenvalue weighted by atomic mass is 10.1. The number of carbonyl (C=O) groups is 1. The van der Waals surface area contributed by atoms with Gasteiger partial charge in [-0.2, -0.15) is 0 Å². The van der Waals surface area contributed by atoms with Gasteiger partial charge < -0.3 is 9.47 Å². The van der Waals surface area contributed by atoms with Crippen LogP contribution in [0.3, 0.4) is 0 Å². The lowest BCUT2D eigenvalue weighted by molar-refractivity contribution is -0.149. The van der Waals surface area contributed by atoms with E-state index in [4.69, 9.17) is 9.47 Å². The second kappa shape index (κ2) is 2.90. The van der Waals surface area contributed by atoms with Crippen LogP contribution in [-0.4, -0.2) is 24.3 Å². The molecule has 2 heterocycles. The summed E-state index contributed by atoms with van der Waals surface area (Å²) < 4.78 is 10.2. The maximum atomic E-state index is 10.9. The van der Waals surface area contributed by atoms with Gasteiger partial charge in [0.15, 0.2) is 6.10 Å². The van der Waals surface area contributed by atoms with Gasteiger partial charge in [0.05, 0.1) is 0 Å². The molecule has 2 saturated heterocycles. The Labute approximate surface area is 71.3 Å². The largest absolute Gasteiger partial charge is 0.457 e. The first kappa shape index (κ1) is 7.80. The first-order valence-electron chi connectivity index (χ1n) is 4.30. The molecule has 2 aliphatic rings. The van der Waals surface area contributed by atoms with E-state index in [1.807, 2.05) is 13.0 Å². The van der Waals surface area contributed by atoms with Gasteiger partial charge in [0, 0.05) is 0 Å². The van der Waals surface area contributed by atoms with E-state index in [0.29, 0.717) is 0 Å². The Morgan fingerprint density at radius 3 is 2.92 bits per heavy atom. The second-order valence-corrected chi connectivity index (χ2v) is 3.14. The van der Waals surface area contributed by atoms with E-state index in [0.717, 1.165) is 12.8 Å². The third-order valence-corrected chi connectivity index (χ3v) is 2.25. The maximum Gasteiger partial charge on any atom is 0.338 e. The number of carbonyl (C=O) groups excluding carboxylic acids is 1. The number of ether oxygens (including phenoxy) is 2. The lowest BCUT2D eigenvalue weighted by Gasteiger charge is -2.08. The molecule has 66 valence electrons. The third kappa shape index (κ3) is 1.25. The molecule has 0 radical (unpaired) electrons. The zero-order valence-electron chi connectivity index (χ0n) is 7.03. The van der Waals surface area contributed by atoms with Crippen LogP contribution < -0.4 is 0 Å². The molecule has 3 atom stereocenters. The highest BCUT2D eigenvalue weighted by atomic mass is 16.7. The first-order chi connectivity index (χ1) is 5.83. The number of hydrogen-bond donors (Lipinski definition) is 0. The molecule has 0 aromatic heterocycles. The number of allylic oxidation sites excluding steroid dienone is 2. The van der Waals surface area contributed by atoms with Crippen molar-refractivity contribution in [3.05, 3.63) is 12.2 Å². The molecule has 2 rings (SSSR count). The van der Waals surface area contributed by atoms with Gasteiger partial charge >= 0.3 is 5.97 Å². The van der Waals surface area contributed by atoms with E-state index >= 15 is 0 Å². The molecule has 0 saturated carbocycles. The van der Waals surface area contributed by atoms with Crippen LogP contribution in [0, 0.1) is 0 Å². The Hall–Kier alpha value is -0.830. The fourth-order valence-corrected chi connectivity index (χ4v) is 1.53. The molecule has 0 amide bonds. The molecule has 0 unspecified atom stereocenters. The molecule has 2 aliphatic heterocycles. The number of hydrogen-bond acceptors (Lipinski definition) is 3. The molecular weight excluding hydrogens is 156 g/mol. The summed E-state index contributed by atoms with van der Waals surface area (Å²) >= 11 is 0. The summed E-state index contributed by atoms with van der Waals surface area (Å²) in [6.45, 7) is 1.98.